The van der Waals surface area contributed by atoms with Crippen molar-refractivity contribution in [2.24, 2.45) is 4.99 Å². The van der Waals surface area contributed by atoms with E-state index in [1.54, 1.807) is 0 Å². The van der Waals surface area contributed by atoms with E-state index in [2.05, 4.69) is 77.5 Å². The van der Waals surface area contributed by atoms with Crippen LogP contribution in [0.4, 0.5) is 17.1 Å². The normalized spacial score (nSPS) is 19.3. The number of benzene rings is 8. The summed E-state index contributed by atoms with van der Waals surface area (Å²) in [5.74, 6) is 0.659. The molecule has 0 radical (unpaired) electrons. The van der Waals surface area contributed by atoms with Crippen LogP contribution in [-0.4, -0.2) is 42.8 Å². The average Bonchev–Trinajstić information content (AvgIpc) is 3.78. The molecule has 0 saturated carbocycles. The Morgan fingerprint density at radius 3 is 1.90 bits per heavy atom. The van der Waals surface area contributed by atoms with Gasteiger partial charge in [0, 0.05) is 55.2 Å². The molecule has 8 aromatic carbocycles. The number of carbonyl (C=O) groups excluding carboxylic acids is 1. The molecule has 2 atom stereocenters. The first-order valence-electron chi connectivity index (χ1n) is 24.3. The summed E-state index contributed by atoms with van der Waals surface area (Å²) in [7, 11) is -4.06. The van der Waals surface area contributed by atoms with Crippen LogP contribution in [0.25, 0.3) is 54.9 Å². The quantitative estimate of drug-likeness (QED) is 0.0589. The molecule has 11 nitrogen and oxygen atoms in total. The zero-order chi connectivity index (χ0) is 48.2. The third kappa shape index (κ3) is 6.54. The SMILES string of the molecule is CCCCCOc1ccc2c(c1)C1(Nc3cccc4ccc(C5=C(O)C(=c6ccc7cccc8c7c6=NC6(N8)c7ccccc7-c7ccc(OCCCCS(=O)(=O)O)cc76)C5=O)c(c34)N1)c1ccccc1-2. The van der Waals surface area contributed by atoms with Gasteiger partial charge in [-0.2, -0.15) is 8.42 Å². The Hall–Kier alpha value is -7.93. The maximum absolute atomic E-state index is 15.2. The largest absolute Gasteiger partial charge is 0.506 e. The van der Waals surface area contributed by atoms with Crippen molar-refractivity contribution in [3.63, 3.8) is 0 Å². The maximum Gasteiger partial charge on any atom is 0.264 e. The molecule has 0 bridgehead atoms. The van der Waals surface area contributed by atoms with E-state index in [-0.39, 0.29) is 41.5 Å². The van der Waals surface area contributed by atoms with E-state index < -0.39 is 21.4 Å². The van der Waals surface area contributed by atoms with Crippen LogP contribution in [0, 0.1) is 0 Å². The van der Waals surface area contributed by atoms with Gasteiger partial charge in [-0.05, 0) is 88.7 Å². The van der Waals surface area contributed by atoms with E-state index in [4.69, 9.17) is 14.5 Å². The highest BCUT2D eigenvalue weighted by molar-refractivity contribution is 7.85. The molecule has 2 heterocycles. The van der Waals surface area contributed by atoms with Crippen molar-refractivity contribution >= 4 is 65.7 Å². The van der Waals surface area contributed by atoms with E-state index in [0.29, 0.717) is 34.9 Å². The summed E-state index contributed by atoms with van der Waals surface area (Å²) >= 11 is 0. The Kier molecular flexibility index (Phi) is 9.75. The fraction of sp³-hybridized carbons (Fsp3) is 0.186. The van der Waals surface area contributed by atoms with Crippen LogP contribution in [0.2, 0.25) is 0 Å². The van der Waals surface area contributed by atoms with Crippen LogP contribution in [-0.2, 0) is 26.2 Å². The van der Waals surface area contributed by atoms with Gasteiger partial charge < -0.3 is 30.5 Å². The van der Waals surface area contributed by atoms with Crippen molar-refractivity contribution in [2.75, 3.05) is 34.9 Å². The van der Waals surface area contributed by atoms with Crippen molar-refractivity contribution in [2.45, 2.75) is 50.4 Å². The van der Waals surface area contributed by atoms with Crippen LogP contribution in [0.5, 0.6) is 11.5 Å². The number of aliphatic hydroxyl groups excluding tert-OH is 1. The summed E-state index contributed by atoms with van der Waals surface area (Å²) in [5, 5.41) is 29.0. The van der Waals surface area contributed by atoms with Gasteiger partial charge in [-0.1, -0.05) is 129 Å². The van der Waals surface area contributed by atoms with Crippen molar-refractivity contribution in [3.05, 3.63) is 190 Å². The number of aliphatic hydroxyl groups is 1. The van der Waals surface area contributed by atoms with Crippen molar-refractivity contribution in [1.82, 2.24) is 0 Å². The fourth-order valence-corrected chi connectivity index (χ4v) is 12.2. The molecule has 0 amide bonds. The molecule has 12 heteroatoms. The van der Waals surface area contributed by atoms with Gasteiger partial charge in [0.2, 0.25) is 5.78 Å². The van der Waals surface area contributed by atoms with Crippen molar-refractivity contribution < 1.29 is 32.3 Å². The minimum atomic E-state index is -4.06. The van der Waals surface area contributed by atoms with Crippen LogP contribution in [0.15, 0.2) is 156 Å². The molecule has 8 aromatic rings. The summed E-state index contributed by atoms with van der Waals surface area (Å²) in [4.78, 5) is 20.9. The Labute approximate surface area is 410 Å². The molecule has 2 unspecified atom stereocenters. The predicted octanol–water partition coefficient (Wildman–Crippen LogP) is 11.0. The van der Waals surface area contributed by atoms with Gasteiger partial charge in [-0.15, -0.1) is 0 Å². The van der Waals surface area contributed by atoms with Gasteiger partial charge in [-0.3, -0.25) is 9.35 Å². The highest BCUT2D eigenvalue weighted by Crippen LogP contribution is 2.56. The van der Waals surface area contributed by atoms with Crippen LogP contribution < -0.4 is 36.0 Å². The van der Waals surface area contributed by atoms with Crippen LogP contribution in [0.1, 0.15) is 66.8 Å². The van der Waals surface area contributed by atoms with Crippen LogP contribution in [0.3, 0.4) is 0 Å². The zero-order valence-electron chi connectivity index (χ0n) is 38.8. The summed E-state index contributed by atoms with van der Waals surface area (Å²) in [5.41, 5.74) is 9.40. The number of nitrogens with one attached hydrogen (secondary N) is 3. The van der Waals surface area contributed by atoms with E-state index in [1.807, 2.05) is 91.0 Å². The van der Waals surface area contributed by atoms with Gasteiger partial charge in [0.15, 0.2) is 11.3 Å². The number of anilines is 3. The number of unbranched alkanes of at least 4 members (excludes halogenated alkanes) is 3. The van der Waals surface area contributed by atoms with E-state index in [1.165, 1.54) is 0 Å². The number of ether oxygens (including phenoxy) is 2. The molecule has 71 heavy (non-hydrogen) atoms. The van der Waals surface area contributed by atoms with E-state index in [9.17, 15) is 18.1 Å². The van der Waals surface area contributed by atoms with Gasteiger partial charge >= 0.3 is 0 Å². The third-order valence-corrected chi connectivity index (χ3v) is 15.7. The standard InChI is InChI=1S/C59H48N4O7S/c1-2-3-8-29-69-36-23-27-40-38-15-4-6-17-44(38)58(46(40)32-36)60-48-19-11-13-34-21-25-42(54(62-58)50(34)48)52-56(64)53(57(52)65)43-26-22-35-14-12-20-49-51(35)55(43)63-59(61-49)45-18-7-5-16-39(45)41-28-24-37(33-47(41)59)70-30-9-10-31-71(66,67)68/h4-7,11-28,32-33,60-62,64H,2-3,8-10,29-31H2,1H3,(H,66,67,68). The monoisotopic (exact) mass is 956 g/mol. The average molecular weight is 957 g/mol. The topological polar surface area (TPSA) is 159 Å². The number of fused-ring (bicyclic) bond motifs is 10. The molecule has 5 aliphatic rings. The Morgan fingerprint density at radius 2 is 1.18 bits per heavy atom. The summed E-state index contributed by atoms with van der Waals surface area (Å²) in [6.07, 6.45) is 3.87. The first-order valence-corrected chi connectivity index (χ1v) is 25.9. The molecular weight excluding hydrogens is 909 g/mol. The van der Waals surface area contributed by atoms with Crippen LogP contribution >= 0.6 is 0 Å². The Morgan fingerprint density at radius 1 is 0.577 bits per heavy atom. The van der Waals surface area contributed by atoms with Gasteiger partial charge in [0.05, 0.1) is 41.2 Å². The van der Waals surface area contributed by atoms with Gasteiger partial charge in [0.1, 0.15) is 17.3 Å². The number of hydrogen-bond donors (Lipinski definition) is 5. The highest BCUT2D eigenvalue weighted by atomic mass is 32.2. The lowest BCUT2D eigenvalue weighted by molar-refractivity contribution is -0.109. The second-order valence-electron chi connectivity index (χ2n) is 19.0. The molecule has 0 aromatic heterocycles. The Bertz CT molecular complexity index is 3920. The minimum Gasteiger partial charge on any atom is -0.506 e. The number of nitrogens with zero attached hydrogens (tertiary/aromatic N) is 1. The summed E-state index contributed by atoms with van der Waals surface area (Å²) in [6, 6.07) is 48.7. The van der Waals surface area contributed by atoms with E-state index in [0.717, 1.165) is 108 Å². The number of ketones is 1. The molecule has 13 rings (SSSR count). The number of carbonyl (C=O) groups is 1. The van der Waals surface area contributed by atoms with E-state index >= 15 is 4.79 Å². The summed E-state index contributed by atoms with van der Waals surface area (Å²) in [6.45, 7) is 3.06. The maximum atomic E-state index is 15.2. The molecular formula is C59H48N4O7S. The van der Waals surface area contributed by atoms with Gasteiger partial charge in [-0.25, -0.2) is 4.99 Å². The lowest BCUT2D eigenvalue weighted by Gasteiger charge is -2.41. The lowest BCUT2D eigenvalue weighted by Crippen LogP contribution is -2.45. The lowest BCUT2D eigenvalue weighted by atomic mass is 9.79. The summed E-state index contributed by atoms with van der Waals surface area (Å²) < 4.78 is 44.4. The van der Waals surface area contributed by atoms with Crippen molar-refractivity contribution in [1.29, 1.82) is 0 Å². The number of hydrogen-bond acceptors (Lipinski definition) is 10. The molecule has 0 fully saturated rings. The second-order valence-corrected chi connectivity index (χ2v) is 20.6. The smallest absolute Gasteiger partial charge is 0.264 e. The molecule has 3 aliphatic carbocycles. The number of rotatable bonds is 12. The first-order chi connectivity index (χ1) is 34.6. The molecule has 5 N–H and O–H groups in total. The Balaban J connectivity index is 0.961. The molecule has 2 spiro atoms. The second kappa shape index (κ2) is 16.1. The number of Topliss-reactive ketones (excluding diaryl/α,β-unsaturated/α-hetero) is 1. The molecule has 2 aliphatic heterocycles. The minimum absolute atomic E-state index is 0.0970. The predicted molar refractivity (Wildman–Crippen MR) is 279 cm³/mol. The zero-order valence-corrected chi connectivity index (χ0v) is 39.6. The molecule has 352 valence electrons. The van der Waals surface area contributed by atoms with Crippen molar-refractivity contribution in [3.8, 4) is 33.8 Å². The first kappa shape index (κ1) is 43.1. The highest BCUT2D eigenvalue weighted by Gasteiger charge is 2.49. The third-order valence-electron chi connectivity index (χ3n) is 14.8. The fourth-order valence-electron chi connectivity index (χ4n) is 11.6. The molecule has 0 saturated heterocycles. The number of allylic oxidation sites excluding steroid dienone is 2. The van der Waals surface area contributed by atoms with Gasteiger partial charge in [0.25, 0.3) is 10.1 Å².